The van der Waals surface area contributed by atoms with Crippen LogP contribution in [-0.2, 0) is 24.2 Å². The highest BCUT2D eigenvalue weighted by Crippen LogP contribution is 2.33. The molecule has 1 aliphatic rings. The SMILES string of the molecule is CCCC[C@H](CC)CNC(=O)Cn1cnc2sc3c(c2c1=O)CCCC3. The van der Waals surface area contributed by atoms with Crippen LogP contribution in [0.1, 0.15) is 62.8 Å². The zero-order valence-corrected chi connectivity index (χ0v) is 16.7. The van der Waals surface area contributed by atoms with Crippen LogP contribution in [0.5, 0.6) is 0 Å². The van der Waals surface area contributed by atoms with Crippen molar-refractivity contribution in [2.45, 2.75) is 71.8 Å². The molecular formula is C20H29N3O2S. The van der Waals surface area contributed by atoms with Gasteiger partial charge < -0.3 is 5.32 Å². The first-order chi connectivity index (χ1) is 12.6. The number of aryl methyl sites for hydroxylation is 2. The third-order valence-corrected chi connectivity index (χ3v) is 6.59. The van der Waals surface area contributed by atoms with Crippen LogP contribution in [0.4, 0.5) is 0 Å². The van der Waals surface area contributed by atoms with Crippen LogP contribution in [0.3, 0.4) is 0 Å². The van der Waals surface area contributed by atoms with Gasteiger partial charge in [-0.3, -0.25) is 14.2 Å². The minimum atomic E-state index is -0.104. The quantitative estimate of drug-likeness (QED) is 0.766. The van der Waals surface area contributed by atoms with E-state index in [9.17, 15) is 9.59 Å². The number of nitrogens with one attached hydrogen (secondary N) is 1. The Bertz CT molecular complexity index is 824. The van der Waals surface area contributed by atoms with E-state index in [2.05, 4.69) is 24.1 Å². The molecule has 1 N–H and O–H groups in total. The molecule has 2 heterocycles. The minimum Gasteiger partial charge on any atom is -0.354 e. The van der Waals surface area contributed by atoms with Crippen LogP contribution < -0.4 is 10.9 Å². The van der Waals surface area contributed by atoms with Crippen LogP contribution >= 0.6 is 11.3 Å². The Morgan fingerprint density at radius 3 is 2.92 bits per heavy atom. The lowest BCUT2D eigenvalue weighted by molar-refractivity contribution is -0.121. The first-order valence-corrected chi connectivity index (χ1v) is 10.7. The smallest absolute Gasteiger partial charge is 0.262 e. The van der Waals surface area contributed by atoms with E-state index in [4.69, 9.17) is 0 Å². The lowest BCUT2D eigenvalue weighted by atomic mass is 9.97. The molecule has 1 atom stereocenters. The number of aromatic nitrogens is 2. The van der Waals surface area contributed by atoms with Crippen molar-refractivity contribution in [3.8, 4) is 0 Å². The Labute approximate surface area is 158 Å². The van der Waals surface area contributed by atoms with E-state index >= 15 is 0 Å². The van der Waals surface area contributed by atoms with E-state index in [-0.39, 0.29) is 18.0 Å². The maximum atomic E-state index is 12.9. The molecule has 0 fully saturated rings. The third kappa shape index (κ3) is 4.17. The van der Waals surface area contributed by atoms with Gasteiger partial charge in [0.15, 0.2) is 0 Å². The number of carbonyl (C=O) groups excluding carboxylic acids is 1. The fourth-order valence-electron chi connectivity index (χ4n) is 3.71. The van der Waals surface area contributed by atoms with E-state index in [0.29, 0.717) is 12.5 Å². The molecule has 0 aromatic carbocycles. The number of hydrogen-bond donors (Lipinski definition) is 1. The van der Waals surface area contributed by atoms with Crippen molar-refractivity contribution in [3.05, 3.63) is 27.1 Å². The molecule has 0 unspecified atom stereocenters. The Morgan fingerprint density at radius 1 is 1.35 bits per heavy atom. The second-order valence-electron chi connectivity index (χ2n) is 7.29. The summed E-state index contributed by atoms with van der Waals surface area (Å²) in [5.41, 5.74) is 1.11. The van der Waals surface area contributed by atoms with Crippen molar-refractivity contribution < 1.29 is 4.79 Å². The van der Waals surface area contributed by atoms with Gasteiger partial charge in [-0.25, -0.2) is 4.98 Å². The van der Waals surface area contributed by atoms with Crippen molar-refractivity contribution in [2.24, 2.45) is 5.92 Å². The van der Waals surface area contributed by atoms with Crippen LogP contribution in [0.25, 0.3) is 10.2 Å². The molecule has 3 rings (SSSR count). The van der Waals surface area contributed by atoms with Gasteiger partial charge in [-0.15, -0.1) is 11.3 Å². The molecule has 0 saturated carbocycles. The number of unbranched alkanes of at least 4 members (excludes halogenated alkanes) is 1. The number of fused-ring (bicyclic) bond motifs is 3. The summed E-state index contributed by atoms with van der Waals surface area (Å²) in [6.45, 7) is 5.09. The predicted octanol–water partition coefficient (Wildman–Crippen LogP) is 3.67. The van der Waals surface area contributed by atoms with Gasteiger partial charge in [0.25, 0.3) is 5.56 Å². The first kappa shape index (κ1) is 19.1. The average Bonchev–Trinajstić information content (AvgIpc) is 3.03. The van der Waals surface area contributed by atoms with E-state index in [1.54, 1.807) is 11.3 Å². The monoisotopic (exact) mass is 375 g/mol. The summed E-state index contributed by atoms with van der Waals surface area (Å²) in [5.74, 6) is 0.410. The van der Waals surface area contributed by atoms with Crippen LogP contribution in [0.15, 0.2) is 11.1 Å². The fraction of sp³-hybridized carbons (Fsp3) is 0.650. The van der Waals surface area contributed by atoms with Crippen LogP contribution in [-0.4, -0.2) is 22.0 Å². The van der Waals surface area contributed by atoms with Crippen molar-refractivity contribution in [1.82, 2.24) is 14.9 Å². The lowest BCUT2D eigenvalue weighted by Gasteiger charge is -2.15. The van der Waals surface area contributed by atoms with Crippen molar-refractivity contribution in [2.75, 3.05) is 6.54 Å². The predicted molar refractivity (Wildman–Crippen MR) is 107 cm³/mol. The van der Waals surface area contributed by atoms with Crippen molar-refractivity contribution in [1.29, 1.82) is 0 Å². The number of thiophene rings is 1. The zero-order chi connectivity index (χ0) is 18.5. The molecular weight excluding hydrogens is 346 g/mol. The molecule has 0 radical (unpaired) electrons. The maximum Gasteiger partial charge on any atom is 0.262 e. The van der Waals surface area contributed by atoms with Crippen LogP contribution in [0.2, 0.25) is 0 Å². The van der Waals surface area contributed by atoms with Gasteiger partial charge in [0.1, 0.15) is 11.4 Å². The molecule has 0 bridgehead atoms. The summed E-state index contributed by atoms with van der Waals surface area (Å²) in [7, 11) is 0. The van der Waals surface area contributed by atoms with Gasteiger partial charge in [-0.05, 0) is 43.6 Å². The minimum absolute atomic E-state index is 0.0522. The number of carbonyl (C=O) groups is 1. The van der Waals surface area contributed by atoms with Gasteiger partial charge in [-0.2, -0.15) is 0 Å². The molecule has 26 heavy (non-hydrogen) atoms. The molecule has 1 amide bonds. The normalized spacial score (nSPS) is 15.0. The van der Waals surface area contributed by atoms with Crippen LogP contribution in [0, 0.1) is 5.92 Å². The Morgan fingerprint density at radius 2 is 2.15 bits per heavy atom. The van der Waals surface area contributed by atoms with E-state index in [1.165, 1.54) is 40.6 Å². The van der Waals surface area contributed by atoms with Gasteiger partial charge in [0.05, 0.1) is 11.7 Å². The number of rotatable bonds is 8. The molecule has 6 heteroatoms. The Balaban J connectivity index is 1.69. The second kappa shape index (κ2) is 8.80. The van der Waals surface area contributed by atoms with E-state index < -0.39 is 0 Å². The summed E-state index contributed by atoms with van der Waals surface area (Å²) in [6.07, 6.45) is 10.4. The van der Waals surface area contributed by atoms with E-state index in [1.807, 2.05) is 0 Å². The first-order valence-electron chi connectivity index (χ1n) is 9.90. The van der Waals surface area contributed by atoms with Gasteiger partial charge in [0, 0.05) is 11.4 Å². The zero-order valence-electron chi connectivity index (χ0n) is 15.8. The maximum absolute atomic E-state index is 12.9. The molecule has 0 spiro atoms. The molecule has 1 aliphatic carbocycles. The number of amides is 1. The Hall–Kier alpha value is -1.69. The van der Waals surface area contributed by atoms with E-state index in [0.717, 1.165) is 42.3 Å². The van der Waals surface area contributed by atoms with Gasteiger partial charge in [0.2, 0.25) is 5.91 Å². The van der Waals surface area contributed by atoms with Gasteiger partial charge >= 0.3 is 0 Å². The standard InChI is InChI=1S/C20H29N3O2S/c1-3-5-8-14(4-2)11-21-17(24)12-23-13-22-19-18(20(23)25)15-9-6-7-10-16(15)26-19/h13-14H,3-12H2,1-2H3,(H,21,24)/t14-/m0/s1. The Kier molecular flexibility index (Phi) is 6.46. The molecule has 142 valence electrons. The molecule has 5 nitrogen and oxygen atoms in total. The summed E-state index contributed by atoms with van der Waals surface area (Å²) in [4.78, 5) is 31.8. The summed E-state index contributed by atoms with van der Waals surface area (Å²) in [5, 5.41) is 3.74. The van der Waals surface area contributed by atoms with Crippen molar-refractivity contribution in [3.63, 3.8) is 0 Å². The number of nitrogens with zero attached hydrogens (tertiary/aromatic N) is 2. The summed E-state index contributed by atoms with van der Waals surface area (Å²) >= 11 is 1.64. The molecule has 0 aliphatic heterocycles. The number of hydrogen-bond acceptors (Lipinski definition) is 4. The summed E-state index contributed by atoms with van der Waals surface area (Å²) in [6, 6.07) is 0. The second-order valence-corrected chi connectivity index (χ2v) is 8.37. The highest BCUT2D eigenvalue weighted by molar-refractivity contribution is 7.18. The third-order valence-electron chi connectivity index (χ3n) is 5.39. The molecule has 0 saturated heterocycles. The van der Waals surface area contributed by atoms with Gasteiger partial charge in [-0.1, -0.05) is 33.1 Å². The van der Waals surface area contributed by atoms with Crippen molar-refractivity contribution >= 4 is 27.5 Å². The molecule has 2 aromatic heterocycles. The summed E-state index contributed by atoms with van der Waals surface area (Å²) < 4.78 is 1.46. The highest BCUT2D eigenvalue weighted by atomic mass is 32.1. The molecule has 2 aromatic rings. The highest BCUT2D eigenvalue weighted by Gasteiger charge is 2.20. The average molecular weight is 376 g/mol. The largest absolute Gasteiger partial charge is 0.354 e. The lowest BCUT2D eigenvalue weighted by Crippen LogP contribution is -2.35. The fourth-order valence-corrected chi connectivity index (χ4v) is 4.93. The topological polar surface area (TPSA) is 64.0 Å².